The van der Waals surface area contributed by atoms with Crippen LogP contribution in [0.5, 0.6) is 0 Å². The van der Waals surface area contributed by atoms with E-state index in [-0.39, 0.29) is 0 Å². The summed E-state index contributed by atoms with van der Waals surface area (Å²) in [5, 5.41) is 8.22. The fraction of sp³-hybridized carbons (Fsp3) is 0.273. The molecule has 4 heteroatoms. The van der Waals surface area contributed by atoms with Crippen molar-refractivity contribution in [2.45, 2.75) is 0 Å². The zero-order valence-electron chi connectivity index (χ0n) is 9.18. The Hall–Kier alpha value is -1.84. The van der Waals surface area contributed by atoms with Gasteiger partial charge < -0.3 is 4.90 Å². The molecule has 78 valence electrons. The number of benzene rings is 1. The molecule has 0 aliphatic rings. The van der Waals surface area contributed by atoms with Crippen molar-refractivity contribution >= 4 is 5.82 Å². The van der Waals surface area contributed by atoms with Gasteiger partial charge in [0.1, 0.15) is 5.69 Å². The Morgan fingerprint density at radius 3 is 2.40 bits per heavy atom. The van der Waals surface area contributed by atoms with Crippen LogP contribution in [-0.2, 0) is 7.05 Å². The molecular formula is C11H14N4. The maximum atomic E-state index is 4.18. The van der Waals surface area contributed by atoms with Crippen LogP contribution >= 0.6 is 0 Å². The Bertz CT molecular complexity index is 445. The Kier molecular flexibility index (Phi) is 2.41. The van der Waals surface area contributed by atoms with Crippen LogP contribution in [0.2, 0.25) is 0 Å². The first kappa shape index (κ1) is 9.71. The van der Waals surface area contributed by atoms with Gasteiger partial charge in [0, 0.05) is 26.7 Å². The molecule has 1 aromatic heterocycles. The molecule has 0 saturated carbocycles. The van der Waals surface area contributed by atoms with E-state index in [0.717, 1.165) is 17.1 Å². The summed E-state index contributed by atoms with van der Waals surface area (Å²) in [6.07, 6.45) is 0. The lowest BCUT2D eigenvalue weighted by molar-refractivity contribution is 0.708. The van der Waals surface area contributed by atoms with Crippen LogP contribution < -0.4 is 4.90 Å². The minimum absolute atomic E-state index is 0.920. The molecule has 0 aliphatic carbocycles. The van der Waals surface area contributed by atoms with E-state index in [1.165, 1.54) is 0 Å². The van der Waals surface area contributed by atoms with Crippen molar-refractivity contribution in [2.75, 3.05) is 19.0 Å². The van der Waals surface area contributed by atoms with Crippen molar-refractivity contribution in [3.63, 3.8) is 0 Å². The molecule has 0 N–H and O–H groups in total. The van der Waals surface area contributed by atoms with Crippen LogP contribution in [0.25, 0.3) is 11.3 Å². The third-order valence-corrected chi connectivity index (χ3v) is 2.27. The molecule has 0 amide bonds. The number of rotatable bonds is 2. The summed E-state index contributed by atoms with van der Waals surface area (Å²) in [6.45, 7) is 0. The van der Waals surface area contributed by atoms with E-state index in [4.69, 9.17) is 0 Å². The highest BCUT2D eigenvalue weighted by atomic mass is 15.5. The summed E-state index contributed by atoms with van der Waals surface area (Å²) in [5.74, 6) is 1.02. The van der Waals surface area contributed by atoms with Crippen molar-refractivity contribution in [3.05, 3.63) is 30.3 Å². The van der Waals surface area contributed by atoms with Gasteiger partial charge in [-0.1, -0.05) is 35.5 Å². The summed E-state index contributed by atoms with van der Waals surface area (Å²) in [4.78, 5) is 2.02. The third-order valence-electron chi connectivity index (χ3n) is 2.27. The highest BCUT2D eigenvalue weighted by molar-refractivity contribution is 5.71. The van der Waals surface area contributed by atoms with Crippen molar-refractivity contribution in [3.8, 4) is 11.3 Å². The largest absolute Gasteiger partial charge is 0.361 e. The van der Waals surface area contributed by atoms with E-state index in [0.29, 0.717) is 0 Å². The quantitative estimate of drug-likeness (QED) is 0.741. The fourth-order valence-corrected chi connectivity index (χ4v) is 1.64. The molecule has 2 rings (SSSR count). The molecule has 15 heavy (non-hydrogen) atoms. The molecule has 0 radical (unpaired) electrons. The number of hydrogen-bond acceptors (Lipinski definition) is 3. The summed E-state index contributed by atoms with van der Waals surface area (Å²) in [6, 6.07) is 10.1. The van der Waals surface area contributed by atoms with Crippen LogP contribution in [0.1, 0.15) is 0 Å². The van der Waals surface area contributed by atoms with Crippen molar-refractivity contribution in [1.29, 1.82) is 0 Å². The van der Waals surface area contributed by atoms with Gasteiger partial charge in [0.05, 0.1) is 0 Å². The summed E-state index contributed by atoms with van der Waals surface area (Å²) >= 11 is 0. The van der Waals surface area contributed by atoms with Gasteiger partial charge in [0.25, 0.3) is 0 Å². The zero-order chi connectivity index (χ0) is 10.8. The molecule has 0 fully saturated rings. The molecule has 0 unspecified atom stereocenters. The van der Waals surface area contributed by atoms with Crippen molar-refractivity contribution in [2.24, 2.45) is 7.05 Å². The second-order valence-electron chi connectivity index (χ2n) is 3.65. The SMILES string of the molecule is CN(C)c1c(-c2ccccc2)nnn1C. The smallest absolute Gasteiger partial charge is 0.154 e. The van der Waals surface area contributed by atoms with Crippen LogP contribution in [0.15, 0.2) is 30.3 Å². The Labute approximate surface area is 89.1 Å². The van der Waals surface area contributed by atoms with Gasteiger partial charge in [-0.05, 0) is 0 Å². The van der Waals surface area contributed by atoms with E-state index < -0.39 is 0 Å². The second-order valence-corrected chi connectivity index (χ2v) is 3.65. The number of anilines is 1. The Morgan fingerprint density at radius 1 is 1.13 bits per heavy atom. The third kappa shape index (κ3) is 1.70. The minimum Gasteiger partial charge on any atom is -0.361 e. The Balaban J connectivity index is 2.54. The van der Waals surface area contributed by atoms with Gasteiger partial charge in [-0.15, -0.1) is 5.10 Å². The van der Waals surface area contributed by atoms with E-state index in [1.54, 1.807) is 4.68 Å². The van der Waals surface area contributed by atoms with Crippen molar-refractivity contribution < 1.29 is 0 Å². The predicted molar refractivity (Wildman–Crippen MR) is 60.8 cm³/mol. The molecule has 0 spiro atoms. The molecule has 2 aromatic rings. The lowest BCUT2D eigenvalue weighted by Gasteiger charge is -2.13. The van der Waals surface area contributed by atoms with Crippen LogP contribution in [0, 0.1) is 0 Å². The Morgan fingerprint density at radius 2 is 1.80 bits per heavy atom. The average Bonchev–Trinajstić information content (AvgIpc) is 2.61. The van der Waals surface area contributed by atoms with E-state index in [1.807, 2.05) is 56.4 Å². The second kappa shape index (κ2) is 3.73. The topological polar surface area (TPSA) is 34.0 Å². The van der Waals surface area contributed by atoms with Crippen molar-refractivity contribution in [1.82, 2.24) is 15.0 Å². The average molecular weight is 202 g/mol. The van der Waals surface area contributed by atoms with Gasteiger partial charge in [-0.2, -0.15) is 0 Å². The molecule has 4 nitrogen and oxygen atoms in total. The lowest BCUT2D eigenvalue weighted by atomic mass is 10.1. The van der Waals surface area contributed by atoms with Crippen LogP contribution in [0.4, 0.5) is 5.82 Å². The number of aromatic nitrogens is 3. The van der Waals surface area contributed by atoms with Crippen LogP contribution in [0.3, 0.4) is 0 Å². The van der Waals surface area contributed by atoms with E-state index in [9.17, 15) is 0 Å². The molecule has 0 aliphatic heterocycles. The van der Waals surface area contributed by atoms with Gasteiger partial charge in [0.15, 0.2) is 5.82 Å². The summed E-state index contributed by atoms with van der Waals surface area (Å²) in [7, 11) is 5.88. The highest BCUT2D eigenvalue weighted by Crippen LogP contribution is 2.25. The maximum absolute atomic E-state index is 4.18. The van der Waals surface area contributed by atoms with Gasteiger partial charge in [-0.25, -0.2) is 4.68 Å². The molecule has 1 heterocycles. The lowest BCUT2D eigenvalue weighted by Crippen LogP contribution is -2.14. The summed E-state index contributed by atoms with van der Waals surface area (Å²) < 4.78 is 1.78. The van der Waals surface area contributed by atoms with E-state index >= 15 is 0 Å². The number of hydrogen-bond donors (Lipinski definition) is 0. The molecular weight excluding hydrogens is 188 g/mol. The summed E-state index contributed by atoms with van der Waals surface area (Å²) in [5.41, 5.74) is 2.01. The minimum atomic E-state index is 0.920. The fourth-order valence-electron chi connectivity index (χ4n) is 1.64. The normalized spacial score (nSPS) is 10.3. The monoisotopic (exact) mass is 202 g/mol. The highest BCUT2D eigenvalue weighted by Gasteiger charge is 2.13. The van der Waals surface area contributed by atoms with Gasteiger partial charge in [-0.3, -0.25) is 0 Å². The van der Waals surface area contributed by atoms with E-state index in [2.05, 4.69) is 10.3 Å². The van der Waals surface area contributed by atoms with Gasteiger partial charge >= 0.3 is 0 Å². The first-order valence-corrected chi connectivity index (χ1v) is 4.82. The zero-order valence-corrected chi connectivity index (χ0v) is 9.18. The maximum Gasteiger partial charge on any atom is 0.154 e. The predicted octanol–water partition coefficient (Wildman–Crippen LogP) is 1.55. The molecule has 0 atom stereocenters. The first-order chi connectivity index (χ1) is 7.20. The molecule has 0 bridgehead atoms. The number of aryl methyl sites for hydroxylation is 1. The standard InChI is InChI=1S/C11H14N4/c1-14(2)11-10(12-13-15(11)3)9-7-5-4-6-8-9/h4-8H,1-3H3. The first-order valence-electron chi connectivity index (χ1n) is 4.82. The number of nitrogens with zero attached hydrogens (tertiary/aromatic N) is 4. The van der Waals surface area contributed by atoms with Gasteiger partial charge in [0.2, 0.25) is 0 Å². The van der Waals surface area contributed by atoms with Crippen LogP contribution in [-0.4, -0.2) is 29.1 Å². The molecule has 1 aromatic carbocycles. The molecule has 0 saturated heterocycles.